The number of amides is 1. The van der Waals surface area contributed by atoms with Crippen LogP contribution in [0.2, 0.25) is 0 Å². The summed E-state index contributed by atoms with van der Waals surface area (Å²) >= 11 is 0. The molecule has 1 aromatic heterocycles. The Kier molecular flexibility index (Phi) is 4.49. The van der Waals surface area contributed by atoms with Gasteiger partial charge in [0.2, 0.25) is 18.3 Å². The Morgan fingerprint density at radius 1 is 1.14 bits per heavy atom. The lowest BCUT2D eigenvalue weighted by Crippen LogP contribution is -2.58. The van der Waals surface area contributed by atoms with Crippen LogP contribution in [0.3, 0.4) is 0 Å². The fourth-order valence-electron chi connectivity index (χ4n) is 3.52. The molecule has 29 heavy (non-hydrogen) atoms. The van der Waals surface area contributed by atoms with E-state index >= 15 is 0 Å². The van der Waals surface area contributed by atoms with Gasteiger partial charge in [-0.3, -0.25) is 4.79 Å². The predicted molar refractivity (Wildman–Crippen MR) is 101 cm³/mol. The summed E-state index contributed by atoms with van der Waals surface area (Å²) in [6, 6.07) is 6.41. The van der Waals surface area contributed by atoms with E-state index in [9.17, 15) is 14.4 Å². The standard InChI is InChI=1S/C20H21NO8/c1-9-15-16(28-19(24)27-15)18(29-20(9,3)4)25-12-6-5-11-7-13(21-10(2)22)17(23)26-14(11)8-12/h5-9,15-16,18H,1-4H3,(H,21,22)/t9-,15+,16+,18?/m1/s1. The Labute approximate surface area is 165 Å². The first-order valence-electron chi connectivity index (χ1n) is 9.21. The van der Waals surface area contributed by atoms with Gasteiger partial charge in [0, 0.05) is 24.3 Å². The summed E-state index contributed by atoms with van der Waals surface area (Å²) in [4.78, 5) is 34.9. The number of fused-ring (bicyclic) bond motifs is 2. The van der Waals surface area contributed by atoms with Gasteiger partial charge in [0.1, 0.15) is 17.0 Å². The van der Waals surface area contributed by atoms with Crippen LogP contribution in [0.4, 0.5) is 10.5 Å². The van der Waals surface area contributed by atoms with Crippen molar-refractivity contribution in [3.8, 4) is 5.75 Å². The molecule has 2 fully saturated rings. The smallest absolute Gasteiger partial charge is 0.461 e. The molecule has 9 heteroatoms. The van der Waals surface area contributed by atoms with Crippen LogP contribution in [0, 0.1) is 5.92 Å². The topological polar surface area (TPSA) is 113 Å². The molecule has 1 amide bonds. The summed E-state index contributed by atoms with van der Waals surface area (Å²) in [5.74, 6) is -0.101. The zero-order valence-corrected chi connectivity index (χ0v) is 16.4. The third-order valence-electron chi connectivity index (χ3n) is 5.34. The maximum atomic E-state index is 12.1. The Hall–Kier alpha value is -3.07. The highest BCUT2D eigenvalue weighted by Gasteiger charge is 2.56. The van der Waals surface area contributed by atoms with E-state index in [4.69, 9.17) is 23.4 Å². The molecule has 0 radical (unpaired) electrons. The van der Waals surface area contributed by atoms with Gasteiger partial charge >= 0.3 is 11.8 Å². The molecule has 1 N–H and O–H groups in total. The lowest BCUT2D eigenvalue weighted by Gasteiger charge is -2.44. The third-order valence-corrected chi connectivity index (χ3v) is 5.34. The number of ether oxygens (including phenoxy) is 4. The summed E-state index contributed by atoms with van der Waals surface area (Å²) in [6.45, 7) is 7.01. The van der Waals surface area contributed by atoms with Crippen molar-refractivity contribution in [1.82, 2.24) is 0 Å². The maximum absolute atomic E-state index is 12.1. The SMILES string of the molecule is CC(=O)Nc1cc2ccc(OC3OC(C)(C)[C@H](C)[C@@H]4OC(=O)O[C@H]34)cc2oc1=O. The number of anilines is 1. The van der Waals surface area contributed by atoms with Crippen molar-refractivity contribution < 1.29 is 33.0 Å². The van der Waals surface area contributed by atoms with Crippen LogP contribution in [-0.4, -0.2) is 36.2 Å². The molecule has 4 rings (SSSR count). The van der Waals surface area contributed by atoms with Crippen LogP contribution in [0.25, 0.3) is 11.0 Å². The van der Waals surface area contributed by atoms with Gasteiger partial charge in [0.25, 0.3) is 0 Å². The van der Waals surface area contributed by atoms with E-state index in [1.54, 1.807) is 12.1 Å². The first-order valence-corrected chi connectivity index (χ1v) is 9.21. The van der Waals surface area contributed by atoms with E-state index in [2.05, 4.69) is 5.32 Å². The summed E-state index contributed by atoms with van der Waals surface area (Å²) in [7, 11) is 0. The van der Waals surface area contributed by atoms with Gasteiger partial charge in [-0.15, -0.1) is 0 Å². The first kappa shape index (κ1) is 19.3. The van der Waals surface area contributed by atoms with Gasteiger partial charge in [-0.1, -0.05) is 6.92 Å². The van der Waals surface area contributed by atoms with E-state index in [0.29, 0.717) is 11.1 Å². The molecule has 4 atom stereocenters. The van der Waals surface area contributed by atoms with Crippen molar-refractivity contribution in [3.63, 3.8) is 0 Å². The van der Waals surface area contributed by atoms with Crippen LogP contribution in [-0.2, 0) is 19.0 Å². The molecule has 1 unspecified atom stereocenters. The zero-order valence-electron chi connectivity index (χ0n) is 16.4. The van der Waals surface area contributed by atoms with Crippen LogP contribution < -0.4 is 15.7 Å². The summed E-state index contributed by atoms with van der Waals surface area (Å²) in [5.41, 5.74) is -0.952. The quantitative estimate of drug-likeness (QED) is 0.615. The molecule has 2 aliphatic rings. The van der Waals surface area contributed by atoms with Crippen molar-refractivity contribution in [2.75, 3.05) is 5.32 Å². The number of nitrogens with one attached hydrogen (secondary N) is 1. The van der Waals surface area contributed by atoms with Gasteiger partial charge in [-0.05, 0) is 32.0 Å². The summed E-state index contributed by atoms with van der Waals surface area (Å²) < 4.78 is 27.8. The molecule has 2 aromatic rings. The maximum Gasteiger partial charge on any atom is 0.509 e. The van der Waals surface area contributed by atoms with E-state index < -0.39 is 35.9 Å². The molecule has 0 aliphatic carbocycles. The molecule has 2 aliphatic heterocycles. The Balaban J connectivity index is 1.62. The Morgan fingerprint density at radius 2 is 1.86 bits per heavy atom. The number of hydrogen-bond donors (Lipinski definition) is 1. The lowest BCUT2D eigenvalue weighted by molar-refractivity contribution is -0.260. The molecule has 0 saturated carbocycles. The number of hydrogen-bond acceptors (Lipinski definition) is 8. The van der Waals surface area contributed by atoms with Gasteiger partial charge in [-0.2, -0.15) is 0 Å². The summed E-state index contributed by atoms with van der Waals surface area (Å²) in [5, 5.41) is 3.03. The molecule has 154 valence electrons. The van der Waals surface area contributed by atoms with Gasteiger partial charge in [0.05, 0.1) is 5.60 Å². The minimum absolute atomic E-state index is 0.0582. The number of benzene rings is 1. The second-order valence-electron chi connectivity index (χ2n) is 7.74. The third kappa shape index (κ3) is 3.53. The van der Waals surface area contributed by atoms with Crippen LogP contribution in [0.15, 0.2) is 33.5 Å². The van der Waals surface area contributed by atoms with Crippen molar-refractivity contribution in [2.24, 2.45) is 5.92 Å². The van der Waals surface area contributed by atoms with Crippen molar-refractivity contribution in [2.45, 2.75) is 51.8 Å². The van der Waals surface area contributed by atoms with Crippen molar-refractivity contribution in [1.29, 1.82) is 0 Å². The highest BCUT2D eigenvalue weighted by molar-refractivity contribution is 5.91. The molecular formula is C20H21NO8. The van der Waals surface area contributed by atoms with Gasteiger partial charge < -0.3 is 28.7 Å². The Bertz CT molecular complexity index is 1040. The minimum atomic E-state index is -0.888. The van der Waals surface area contributed by atoms with E-state index in [-0.39, 0.29) is 23.1 Å². The second kappa shape index (κ2) is 6.77. The summed E-state index contributed by atoms with van der Waals surface area (Å²) in [6.07, 6.45) is -2.84. The average molecular weight is 403 g/mol. The molecule has 3 heterocycles. The highest BCUT2D eigenvalue weighted by atomic mass is 16.8. The monoisotopic (exact) mass is 403 g/mol. The van der Waals surface area contributed by atoms with Crippen LogP contribution in [0.1, 0.15) is 27.7 Å². The highest BCUT2D eigenvalue weighted by Crippen LogP contribution is 2.40. The fraction of sp³-hybridized carbons (Fsp3) is 0.450. The number of carbonyl (C=O) groups excluding carboxylic acids is 2. The molecule has 0 spiro atoms. The lowest BCUT2D eigenvalue weighted by atomic mass is 9.82. The first-order chi connectivity index (χ1) is 13.6. The van der Waals surface area contributed by atoms with Gasteiger partial charge in [-0.25, -0.2) is 9.59 Å². The number of carbonyl (C=O) groups is 2. The molecule has 9 nitrogen and oxygen atoms in total. The second-order valence-corrected chi connectivity index (χ2v) is 7.74. The predicted octanol–water partition coefficient (Wildman–Crippen LogP) is 2.81. The van der Waals surface area contributed by atoms with Crippen LogP contribution >= 0.6 is 0 Å². The molecular weight excluding hydrogens is 382 g/mol. The zero-order chi connectivity index (χ0) is 20.9. The van der Waals surface area contributed by atoms with Crippen molar-refractivity contribution >= 4 is 28.7 Å². The van der Waals surface area contributed by atoms with Crippen molar-refractivity contribution in [3.05, 3.63) is 34.7 Å². The molecule has 2 saturated heterocycles. The molecule has 0 bridgehead atoms. The molecule has 1 aromatic carbocycles. The average Bonchev–Trinajstić information content (AvgIpc) is 3.02. The Morgan fingerprint density at radius 3 is 2.59 bits per heavy atom. The van der Waals surface area contributed by atoms with E-state index in [1.165, 1.54) is 19.1 Å². The normalized spacial score (nSPS) is 27.7. The van der Waals surface area contributed by atoms with E-state index in [0.717, 1.165) is 0 Å². The fourth-order valence-corrected chi connectivity index (χ4v) is 3.52. The van der Waals surface area contributed by atoms with E-state index in [1.807, 2.05) is 20.8 Å². The number of rotatable bonds is 3. The van der Waals surface area contributed by atoms with Crippen LogP contribution in [0.5, 0.6) is 5.75 Å². The van der Waals surface area contributed by atoms with Gasteiger partial charge in [0.15, 0.2) is 6.10 Å². The minimum Gasteiger partial charge on any atom is -0.461 e. The largest absolute Gasteiger partial charge is 0.509 e.